The predicted molar refractivity (Wildman–Crippen MR) is 120 cm³/mol. The van der Waals surface area contributed by atoms with Crippen LogP contribution in [0.25, 0.3) is 0 Å². The highest BCUT2D eigenvalue weighted by Crippen LogP contribution is 2.40. The lowest BCUT2D eigenvalue weighted by Crippen LogP contribution is -2.27. The highest BCUT2D eigenvalue weighted by Gasteiger charge is 2.29. The van der Waals surface area contributed by atoms with Crippen LogP contribution in [0.5, 0.6) is 0 Å². The molecule has 0 N–H and O–H groups in total. The van der Waals surface area contributed by atoms with Gasteiger partial charge >= 0.3 is 0 Å². The van der Waals surface area contributed by atoms with E-state index in [2.05, 4.69) is 20.8 Å². The highest BCUT2D eigenvalue weighted by molar-refractivity contribution is 5.48. The van der Waals surface area contributed by atoms with Crippen molar-refractivity contribution in [2.75, 3.05) is 0 Å². The van der Waals surface area contributed by atoms with Gasteiger partial charge in [0.05, 0.1) is 0 Å². The molecule has 1 saturated carbocycles. The van der Waals surface area contributed by atoms with Crippen LogP contribution in [0.3, 0.4) is 0 Å². The average Bonchev–Trinajstić information content (AvgIpc) is 2.64. The Bertz CT molecular complexity index is 335. The van der Waals surface area contributed by atoms with Gasteiger partial charge in [-0.2, -0.15) is 0 Å². The minimum Gasteiger partial charge on any atom is -0.303 e. The lowest BCUT2D eigenvalue weighted by atomic mass is 9.68. The van der Waals surface area contributed by atoms with Crippen LogP contribution in [0, 0.1) is 23.7 Å². The van der Waals surface area contributed by atoms with Gasteiger partial charge in [-0.1, -0.05) is 111 Å². The van der Waals surface area contributed by atoms with Crippen molar-refractivity contribution in [3.05, 3.63) is 0 Å². The SMILES string of the molecule is CC1CCC(C(C)C)C(CCCCCCCCCCCCCCCC=O)C1. The Balaban J connectivity index is 1.86. The molecule has 0 aliphatic heterocycles. The van der Waals surface area contributed by atoms with Gasteiger partial charge in [0.25, 0.3) is 0 Å². The first-order valence-corrected chi connectivity index (χ1v) is 12.6. The van der Waals surface area contributed by atoms with Crippen LogP contribution in [0.1, 0.15) is 136 Å². The van der Waals surface area contributed by atoms with Crippen molar-refractivity contribution in [2.24, 2.45) is 23.7 Å². The molecule has 3 atom stereocenters. The molecule has 0 aromatic rings. The van der Waals surface area contributed by atoms with Crippen LogP contribution in [0.15, 0.2) is 0 Å². The summed E-state index contributed by atoms with van der Waals surface area (Å²) >= 11 is 0. The van der Waals surface area contributed by atoms with Gasteiger partial charge in [-0.3, -0.25) is 0 Å². The van der Waals surface area contributed by atoms with E-state index >= 15 is 0 Å². The van der Waals surface area contributed by atoms with Gasteiger partial charge in [-0.05, 0) is 42.9 Å². The first-order chi connectivity index (χ1) is 13.1. The highest BCUT2D eigenvalue weighted by atomic mass is 16.1. The molecule has 0 amide bonds. The quantitative estimate of drug-likeness (QED) is 0.182. The van der Waals surface area contributed by atoms with Gasteiger partial charge in [0, 0.05) is 6.42 Å². The van der Waals surface area contributed by atoms with Gasteiger partial charge in [-0.25, -0.2) is 0 Å². The molecule has 160 valence electrons. The van der Waals surface area contributed by atoms with E-state index < -0.39 is 0 Å². The normalized spacial score (nSPS) is 23.0. The van der Waals surface area contributed by atoms with E-state index in [4.69, 9.17) is 0 Å². The fraction of sp³-hybridized carbons (Fsp3) is 0.962. The molecule has 1 heteroatoms. The first kappa shape index (κ1) is 24.7. The van der Waals surface area contributed by atoms with Crippen molar-refractivity contribution in [2.45, 2.75) is 136 Å². The Labute approximate surface area is 171 Å². The summed E-state index contributed by atoms with van der Waals surface area (Å²) in [7, 11) is 0. The van der Waals surface area contributed by atoms with Gasteiger partial charge in [0.1, 0.15) is 6.29 Å². The van der Waals surface area contributed by atoms with Crippen molar-refractivity contribution in [3.63, 3.8) is 0 Å². The molecule has 0 radical (unpaired) electrons. The number of aldehydes is 1. The molecule has 0 saturated heterocycles. The zero-order valence-corrected chi connectivity index (χ0v) is 19.0. The molecule has 0 bridgehead atoms. The Morgan fingerprint density at radius 3 is 1.70 bits per heavy atom. The zero-order chi connectivity index (χ0) is 19.7. The largest absolute Gasteiger partial charge is 0.303 e. The van der Waals surface area contributed by atoms with Crippen LogP contribution in [0.2, 0.25) is 0 Å². The Morgan fingerprint density at radius 1 is 0.741 bits per heavy atom. The summed E-state index contributed by atoms with van der Waals surface area (Å²) in [6, 6.07) is 0. The van der Waals surface area contributed by atoms with E-state index in [-0.39, 0.29) is 0 Å². The zero-order valence-electron chi connectivity index (χ0n) is 19.0. The maximum atomic E-state index is 10.2. The molecule has 0 spiro atoms. The summed E-state index contributed by atoms with van der Waals surface area (Å²) in [5.74, 6) is 3.89. The van der Waals surface area contributed by atoms with Crippen molar-refractivity contribution in [3.8, 4) is 0 Å². The van der Waals surface area contributed by atoms with Crippen LogP contribution in [0.4, 0.5) is 0 Å². The molecule has 0 heterocycles. The predicted octanol–water partition coefficient (Wildman–Crippen LogP) is 8.75. The third-order valence-corrected chi connectivity index (χ3v) is 7.06. The van der Waals surface area contributed by atoms with E-state index in [0.717, 1.165) is 42.8 Å². The van der Waals surface area contributed by atoms with Crippen LogP contribution >= 0.6 is 0 Å². The fourth-order valence-electron chi connectivity index (χ4n) is 5.31. The summed E-state index contributed by atoms with van der Waals surface area (Å²) < 4.78 is 0. The minimum absolute atomic E-state index is 0.762. The summed E-state index contributed by atoms with van der Waals surface area (Å²) in [4.78, 5) is 10.2. The van der Waals surface area contributed by atoms with Crippen molar-refractivity contribution in [1.82, 2.24) is 0 Å². The number of rotatable bonds is 17. The topological polar surface area (TPSA) is 17.1 Å². The summed E-state index contributed by atoms with van der Waals surface area (Å²) in [6.45, 7) is 7.36. The maximum absolute atomic E-state index is 10.2. The third-order valence-electron chi connectivity index (χ3n) is 7.06. The van der Waals surface area contributed by atoms with E-state index in [0.29, 0.717) is 0 Å². The van der Waals surface area contributed by atoms with E-state index in [1.807, 2.05) is 0 Å². The Kier molecular flexibility index (Phi) is 15.2. The van der Waals surface area contributed by atoms with Crippen LogP contribution in [-0.2, 0) is 4.79 Å². The Hall–Kier alpha value is -0.330. The molecule has 27 heavy (non-hydrogen) atoms. The van der Waals surface area contributed by atoms with Crippen LogP contribution in [-0.4, -0.2) is 6.29 Å². The third kappa shape index (κ3) is 12.7. The van der Waals surface area contributed by atoms with E-state index in [1.165, 1.54) is 103 Å². The molecular formula is C26H50O. The first-order valence-electron chi connectivity index (χ1n) is 12.6. The minimum atomic E-state index is 0.762. The number of hydrogen-bond acceptors (Lipinski definition) is 1. The number of carbonyl (C=O) groups excluding carboxylic acids is 1. The summed E-state index contributed by atoms with van der Waals surface area (Å²) in [6.07, 6.45) is 25.8. The summed E-state index contributed by atoms with van der Waals surface area (Å²) in [5.41, 5.74) is 0. The molecule has 0 aromatic heterocycles. The van der Waals surface area contributed by atoms with Gasteiger partial charge < -0.3 is 4.79 Å². The smallest absolute Gasteiger partial charge is 0.119 e. The Morgan fingerprint density at radius 2 is 1.22 bits per heavy atom. The summed E-state index contributed by atoms with van der Waals surface area (Å²) in [5, 5.41) is 0. The van der Waals surface area contributed by atoms with Gasteiger partial charge in [-0.15, -0.1) is 0 Å². The van der Waals surface area contributed by atoms with Gasteiger partial charge in [0.2, 0.25) is 0 Å². The molecular weight excluding hydrogens is 328 g/mol. The number of hydrogen-bond donors (Lipinski definition) is 0. The van der Waals surface area contributed by atoms with Crippen molar-refractivity contribution >= 4 is 6.29 Å². The molecule has 1 aliphatic rings. The number of unbranched alkanes of at least 4 members (excludes halogenated alkanes) is 13. The average molecular weight is 379 g/mol. The van der Waals surface area contributed by atoms with E-state index in [1.54, 1.807) is 0 Å². The molecule has 1 rings (SSSR count). The second kappa shape index (κ2) is 16.6. The van der Waals surface area contributed by atoms with Crippen molar-refractivity contribution < 1.29 is 4.79 Å². The molecule has 1 aliphatic carbocycles. The fourth-order valence-corrected chi connectivity index (χ4v) is 5.31. The van der Waals surface area contributed by atoms with Crippen LogP contribution < -0.4 is 0 Å². The molecule has 1 fully saturated rings. The lowest BCUT2D eigenvalue weighted by molar-refractivity contribution is -0.107. The second-order valence-electron chi connectivity index (χ2n) is 9.93. The van der Waals surface area contributed by atoms with Gasteiger partial charge in [0.15, 0.2) is 0 Å². The second-order valence-corrected chi connectivity index (χ2v) is 9.93. The standard InChI is InChI=1S/C26H50O/c1-23(2)26-20-19-24(3)22-25(26)18-16-14-12-10-8-6-4-5-7-9-11-13-15-17-21-27/h21,23-26H,4-20,22H2,1-3H3. The lowest BCUT2D eigenvalue weighted by Gasteiger charge is -2.37. The number of carbonyl (C=O) groups is 1. The van der Waals surface area contributed by atoms with Crippen molar-refractivity contribution in [1.29, 1.82) is 0 Å². The monoisotopic (exact) mass is 378 g/mol. The molecule has 3 unspecified atom stereocenters. The van der Waals surface area contributed by atoms with E-state index in [9.17, 15) is 4.79 Å². The molecule has 1 nitrogen and oxygen atoms in total. The molecule has 0 aromatic carbocycles. The maximum Gasteiger partial charge on any atom is 0.119 e.